The molecule has 7 heteroatoms. The molecule has 1 aromatic carbocycles. The van der Waals surface area contributed by atoms with Gasteiger partial charge in [0.1, 0.15) is 5.75 Å². The minimum Gasteiger partial charge on any atom is -0.496 e. The molecule has 7 nitrogen and oxygen atoms in total. The van der Waals surface area contributed by atoms with Crippen LogP contribution in [0.1, 0.15) is 22.8 Å². The molecule has 0 aliphatic heterocycles. The summed E-state index contributed by atoms with van der Waals surface area (Å²) in [5.41, 5.74) is 1.43. The van der Waals surface area contributed by atoms with Gasteiger partial charge in [-0.1, -0.05) is 6.07 Å². The number of hydrogen-bond acceptors (Lipinski definition) is 5. The SMILES string of the molecule is CCOc1n[nH]c(NC(=O)c2ccc(C)c(OC)c2)n1. The second-order valence-electron chi connectivity index (χ2n) is 4.04. The van der Waals surface area contributed by atoms with E-state index in [1.807, 2.05) is 19.9 Å². The molecule has 0 spiro atoms. The normalized spacial score (nSPS) is 10.2. The van der Waals surface area contributed by atoms with Crippen molar-refractivity contribution in [2.24, 2.45) is 0 Å². The lowest BCUT2D eigenvalue weighted by atomic mass is 10.1. The first-order valence-corrected chi connectivity index (χ1v) is 6.15. The van der Waals surface area contributed by atoms with Gasteiger partial charge in [-0.05, 0) is 31.5 Å². The Balaban J connectivity index is 2.11. The number of hydrogen-bond donors (Lipinski definition) is 2. The number of aromatic nitrogens is 3. The van der Waals surface area contributed by atoms with Crippen molar-refractivity contribution in [1.29, 1.82) is 0 Å². The van der Waals surface area contributed by atoms with E-state index in [1.54, 1.807) is 19.2 Å². The number of H-pyrrole nitrogens is 1. The maximum absolute atomic E-state index is 12.1. The van der Waals surface area contributed by atoms with E-state index in [4.69, 9.17) is 9.47 Å². The summed E-state index contributed by atoms with van der Waals surface area (Å²) in [6.07, 6.45) is 0. The van der Waals surface area contributed by atoms with Crippen molar-refractivity contribution >= 4 is 11.9 Å². The zero-order valence-electron chi connectivity index (χ0n) is 11.6. The summed E-state index contributed by atoms with van der Waals surface area (Å²) < 4.78 is 10.3. The van der Waals surface area contributed by atoms with Crippen LogP contribution in [-0.4, -0.2) is 34.8 Å². The molecule has 0 radical (unpaired) electrons. The molecule has 0 saturated carbocycles. The molecule has 1 amide bonds. The molecule has 0 saturated heterocycles. The molecule has 0 atom stereocenters. The van der Waals surface area contributed by atoms with E-state index >= 15 is 0 Å². The first-order valence-electron chi connectivity index (χ1n) is 6.15. The number of aryl methyl sites for hydroxylation is 1. The van der Waals surface area contributed by atoms with E-state index in [0.29, 0.717) is 17.9 Å². The summed E-state index contributed by atoms with van der Waals surface area (Å²) in [4.78, 5) is 16.0. The first-order chi connectivity index (χ1) is 9.63. The molecule has 0 fully saturated rings. The Bertz CT molecular complexity index is 609. The molecule has 0 aliphatic rings. The molecule has 2 rings (SSSR count). The molecule has 1 heterocycles. The lowest BCUT2D eigenvalue weighted by Gasteiger charge is -2.07. The van der Waals surface area contributed by atoms with E-state index < -0.39 is 0 Å². The number of nitrogens with one attached hydrogen (secondary N) is 2. The third-order valence-electron chi connectivity index (χ3n) is 2.64. The quantitative estimate of drug-likeness (QED) is 0.868. The highest BCUT2D eigenvalue weighted by Crippen LogP contribution is 2.19. The lowest BCUT2D eigenvalue weighted by Crippen LogP contribution is -2.13. The average Bonchev–Trinajstić information content (AvgIpc) is 2.87. The van der Waals surface area contributed by atoms with Gasteiger partial charge in [0.25, 0.3) is 5.91 Å². The van der Waals surface area contributed by atoms with Gasteiger partial charge in [0.2, 0.25) is 5.95 Å². The van der Waals surface area contributed by atoms with Gasteiger partial charge in [0.05, 0.1) is 13.7 Å². The van der Waals surface area contributed by atoms with E-state index in [9.17, 15) is 4.79 Å². The van der Waals surface area contributed by atoms with Crippen LogP contribution in [-0.2, 0) is 0 Å². The summed E-state index contributed by atoms with van der Waals surface area (Å²) in [6.45, 7) is 4.19. The number of ether oxygens (including phenoxy) is 2. The van der Waals surface area contributed by atoms with Crippen LogP contribution in [0, 0.1) is 6.92 Å². The molecule has 0 aliphatic carbocycles. The first kappa shape index (κ1) is 13.9. The summed E-state index contributed by atoms with van der Waals surface area (Å²) in [5, 5.41) is 8.99. The summed E-state index contributed by atoms with van der Waals surface area (Å²) in [6, 6.07) is 5.40. The second kappa shape index (κ2) is 6.05. The predicted molar refractivity (Wildman–Crippen MR) is 73.2 cm³/mol. The minimum absolute atomic E-state index is 0.198. The maximum atomic E-state index is 12.1. The Morgan fingerprint density at radius 3 is 2.95 bits per heavy atom. The molecule has 20 heavy (non-hydrogen) atoms. The highest BCUT2D eigenvalue weighted by atomic mass is 16.5. The van der Waals surface area contributed by atoms with Crippen LogP contribution >= 0.6 is 0 Å². The van der Waals surface area contributed by atoms with Crippen LogP contribution in [0.2, 0.25) is 0 Å². The topological polar surface area (TPSA) is 89.1 Å². The number of methoxy groups -OCH3 is 1. The standard InChI is InChI=1S/C13H16N4O3/c1-4-20-13-15-12(16-17-13)14-11(18)9-6-5-8(2)10(7-9)19-3/h5-7H,4H2,1-3H3,(H2,14,15,16,17,18). The number of carbonyl (C=O) groups is 1. The van der Waals surface area contributed by atoms with Gasteiger partial charge in [0, 0.05) is 5.56 Å². The van der Waals surface area contributed by atoms with Crippen LogP contribution in [0.25, 0.3) is 0 Å². The van der Waals surface area contributed by atoms with Gasteiger partial charge < -0.3 is 9.47 Å². The molecular weight excluding hydrogens is 260 g/mol. The van der Waals surface area contributed by atoms with E-state index in [2.05, 4.69) is 20.5 Å². The number of nitrogens with zero attached hydrogens (tertiary/aromatic N) is 2. The average molecular weight is 276 g/mol. The maximum Gasteiger partial charge on any atom is 0.337 e. The predicted octanol–water partition coefficient (Wildman–Crippen LogP) is 1.77. The van der Waals surface area contributed by atoms with Crippen molar-refractivity contribution in [3.63, 3.8) is 0 Å². The third-order valence-corrected chi connectivity index (χ3v) is 2.64. The molecule has 0 unspecified atom stereocenters. The van der Waals surface area contributed by atoms with Crippen LogP contribution in [0.5, 0.6) is 11.8 Å². The van der Waals surface area contributed by atoms with Crippen molar-refractivity contribution in [2.75, 3.05) is 19.0 Å². The Kier molecular flexibility index (Phi) is 4.19. The van der Waals surface area contributed by atoms with Crippen molar-refractivity contribution in [1.82, 2.24) is 15.2 Å². The van der Waals surface area contributed by atoms with Gasteiger partial charge in [0.15, 0.2) is 0 Å². The molecule has 2 aromatic rings. The number of rotatable bonds is 5. The number of benzene rings is 1. The monoisotopic (exact) mass is 276 g/mol. The minimum atomic E-state index is -0.303. The number of amides is 1. The zero-order valence-corrected chi connectivity index (χ0v) is 11.6. The van der Waals surface area contributed by atoms with Crippen molar-refractivity contribution < 1.29 is 14.3 Å². The summed E-state index contributed by atoms with van der Waals surface area (Å²) in [5.74, 6) is 0.589. The van der Waals surface area contributed by atoms with Gasteiger partial charge in [-0.15, -0.1) is 5.10 Å². The molecule has 2 N–H and O–H groups in total. The van der Waals surface area contributed by atoms with Crippen molar-refractivity contribution in [2.45, 2.75) is 13.8 Å². The fourth-order valence-electron chi connectivity index (χ4n) is 1.64. The number of anilines is 1. The van der Waals surface area contributed by atoms with E-state index in [-0.39, 0.29) is 17.9 Å². The van der Waals surface area contributed by atoms with Crippen LogP contribution in [0.15, 0.2) is 18.2 Å². The largest absolute Gasteiger partial charge is 0.496 e. The van der Waals surface area contributed by atoms with Gasteiger partial charge in [-0.25, -0.2) is 5.10 Å². The third kappa shape index (κ3) is 3.05. The smallest absolute Gasteiger partial charge is 0.337 e. The Morgan fingerprint density at radius 2 is 2.25 bits per heavy atom. The Morgan fingerprint density at radius 1 is 1.45 bits per heavy atom. The Hall–Kier alpha value is -2.57. The van der Waals surface area contributed by atoms with Gasteiger partial charge in [-0.3, -0.25) is 10.1 Å². The van der Waals surface area contributed by atoms with Crippen molar-refractivity contribution in [3.05, 3.63) is 29.3 Å². The fraction of sp³-hybridized carbons (Fsp3) is 0.308. The second-order valence-corrected chi connectivity index (χ2v) is 4.04. The Labute approximate surface area is 116 Å². The highest BCUT2D eigenvalue weighted by Gasteiger charge is 2.11. The van der Waals surface area contributed by atoms with E-state index in [1.165, 1.54) is 0 Å². The van der Waals surface area contributed by atoms with E-state index in [0.717, 1.165) is 5.56 Å². The van der Waals surface area contributed by atoms with Crippen LogP contribution in [0.3, 0.4) is 0 Å². The lowest BCUT2D eigenvalue weighted by molar-refractivity contribution is 0.102. The highest BCUT2D eigenvalue weighted by molar-refractivity contribution is 6.03. The molecule has 106 valence electrons. The fourth-order valence-corrected chi connectivity index (χ4v) is 1.64. The van der Waals surface area contributed by atoms with Gasteiger partial charge in [-0.2, -0.15) is 4.98 Å². The summed E-state index contributed by atoms with van der Waals surface area (Å²) in [7, 11) is 1.56. The van der Waals surface area contributed by atoms with Crippen LogP contribution in [0.4, 0.5) is 5.95 Å². The number of carbonyl (C=O) groups excluding carboxylic acids is 1. The van der Waals surface area contributed by atoms with Crippen molar-refractivity contribution in [3.8, 4) is 11.8 Å². The van der Waals surface area contributed by atoms with Crippen LogP contribution < -0.4 is 14.8 Å². The van der Waals surface area contributed by atoms with Gasteiger partial charge >= 0.3 is 6.01 Å². The number of aromatic amines is 1. The molecular formula is C13H16N4O3. The zero-order chi connectivity index (χ0) is 14.5. The molecule has 0 bridgehead atoms. The summed E-state index contributed by atoms with van der Waals surface area (Å²) >= 11 is 0. The molecule has 1 aromatic heterocycles.